The minimum atomic E-state index is -4.08. The topological polar surface area (TPSA) is 143 Å². The number of anilines is 2. The van der Waals surface area contributed by atoms with Crippen LogP contribution in [0.4, 0.5) is 11.6 Å². The molecule has 0 radical (unpaired) electrons. The van der Waals surface area contributed by atoms with Crippen molar-refractivity contribution in [2.45, 2.75) is 43.7 Å². The Morgan fingerprint density at radius 3 is 2.47 bits per heavy atom. The number of esters is 1. The highest BCUT2D eigenvalue weighted by Crippen LogP contribution is 2.39. The first-order chi connectivity index (χ1) is 14.4. The van der Waals surface area contributed by atoms with Gasteiger partial charge in [-0.2, -0.15) is 4.31 Å². The summed E-state index contributed by atoms with van der Waals surface area (Å²) in [6.45, 7) is -0.433. The van der Waals surface area contributed by atoms with Crippen molar-refractivity contribution in [1.82, 2.24) is 19.5 Å². The number of methoxy groups -OCH3 is 1. The molecule has 1 heterocycles. The molecule has 0 atom stereocenters. The molecule has 0 aliphatic heterocycles. The second-order valence-electron chi connectivity index (χ2n) is 7.54. The number of hydrogen-bond acceptors (Lipinski definition) is 8. The Hall–Kier alpha value is -2.50. The third-order valence-corrected chi connectivity index (χ3v) is 7.34. The van der Waals surface area contributed by atoms with Crippen LogP contribution in [-0.4, -0.2) is 60.6 Å². The summed E-state index contributed by atoms with van der Waals surface area (Å²) in [5, 5.41) is 10.8. The smallest absolute Gasteiger partial charge is 0.321 e. The van der Waals surface area contributed by atoms with E-state index in [-0.39, 0.29) is 24.2 Å². The molecule has 4 rings (SSSR count). The zero-order valence-corrected chi connectivity index (χ0v) is 17.7. The summed E-state index contributed by atoms with van der Waals surface area (Å²) >= 11 is 0. The van der Waals surface area contributed by atoms with Gasteiger partial charge in [-0.25, -0.2) is 8.42 Å². The highest BCUT2D eigenvalue weighted by Gasteiger charge is 2.31. The van der Waals surface area contributed by atoms with Crippen LogP contribution in [0.3, 0.4) is 0 Å². The number of nitrogens with one attached hydrogen (secondary N) is 2. The lowest BCUT2D eigenvalue weighted by molar-refractivity contribution is -0.140. The second kappa shape index (κ2) is 8.32. The fourth-order valence-corrected chi connectivity index (χ4v) is 5.50. The number of aromatic nitrogens is 3. The number of fused-ring (bicyclic) bond motifs is 2. The number of ether oxygens (including phenoxy) is 1. The van der Waals surface area contributed by atoms with Crippen molar-refractivity contribution in [3.05, 3.63) is 28.3 Å². The molecule has 4 N–H and O–H groups in total. The van der Waals surface area contributed by atoms with Crippen LogP contribution in [0.2, 0.25) is 0 Å². The molecule has 2 aliphatic rings. The number of hydrogen-bond donors (Lipinski definition) is 3. The van der Waals surface area contributed by atoms with Gasteiger partial charge in [0.1, 0.15) is 6.54 Å². The molecular weight excluding hydrogens is 408 g/mol. The summed E-state index contributed by atoms with van der Waals surface area (Å²) in [4.78, 5) is 14.4. The fourth-order valence-electron chi connectivity index (χ4n) is 4.26. The number of aryl methyl sites for hydroxylation is 2. The van der Waals surface area contributed by atoms with E-state index in [2.05, 4.69) is 31.3 Å². The molecule has 30 heavy (non-hydrogen) atoms. The van der Waals surface area contributed by atoms with E-state index in [1.807, 2.05) is 0 Å². The first-order valence-electron chi connectivity index (χ1n) is 10.1. The van der Waals surface area contributed by atoms with Crippen molar-refractivity contribution in [3.63, 3.8) is 0 Å². The van der Waals surface area contributed by atoms with Crippen molar-refractivity contribution in [3.8, 4) is 0 Å². The van der Waals surface area contributed by atoms with Gasteiger partial charge in [0.2, 0.25) is 5.95 Å². The van der Waals surface area contributed by atoms with Crippen molar-refractivity contribution < 1.29 is 17.9 Å². The van der Waals surface area contributed by atoms with Crippen LogP contribution in [0.1, 0.15) is 35.1 Å². The van der Waals surface area contributed by atoms with E-state index in [0.29, 0.717) is 0 Å². The van der Waals surface area contributed by atoms with Crippen LogP contribution in [0, 0.1) is 0 Å². The lowest BCUT2D eigenvalue weighted by Gasteiger charge is -2.18. The highest BCUT2D eigenvalue weighted by molar-refractivity contribution is 7.89. The largest absolute Gasteiger partial charge is 0.468 e. The molecule has 0 bridgehead atoms. The predicted molar refractivity (Wildman–Crippen MR) is 110 cm³/mol. The number of nitrogens with two attached hydrogens (primary N) is 1. The quantitative estimate of drug-likeness (QED) is 0.514. The van der Waals surface area contributed by atoms with Gasteiger partial charge >= 0.3 is 5.97 Å². The van der Waals surface area contributed by atoms with Crippen LogP contribution >= 0.6 is 0 Å². The SMILES string of the molecule is COC(=O)CN(CCN)S(=O)(=O)c1nnc(Nc2c3c(cc4c2CCC4)CCC3)[nH]1. The number of carbonyl (C=O) groups is 1. The maximum absolute atomic E-state index is 12.9. The maximum atomic E-state index is 12.9. The van der Waals surface area contributed by atoms with Crippen molar-refractivity contribution >= 4 is 27.6 Å². The number of aromatic amines is 1. The van der Waals surface area contributed by atoms with Crippen LogP contribution in [0.5, 0.6) is 0 Å². The minimum absolute atomic E-state index is 0.0411. The van der Waals surface area contributed by atoms with Gasteiger partial charge in [-0.3, -0.25) is 9.78 Å². The third-order valence-electron chi connectivity index (χ3n) is 5.68. The molecule has 0 saturated carbocycles. The zero-order valence-electron chi connectivity index (χ0n) is 16.9. The Morgan fingerprint density at radius 2 is 1.87 bits per heavy atom. The van der Waals surface area contributed by atoms with E-state index in [1.165, 1.54) is 29.4 Å². The number of H-pyrrole nitrogens is 1. The Labute approximate surface area is 175 Å². The summed E-state index contributed by atoms with van der Waals surface area (Å²) in [5.41, 5.74) is 11.8. The van der Waals surface area contributed by atoms with Gasteiger partial charge in [-0.1, -0.05) is 6.07 Å². The summed E-state index contributed by atoms with van der Waals surface area (Å²) in [5.74, 6) is -0.422. The molecule has 10 nitrogen and oxygen atoms in total. The van der Waals surface area contributed by atoms with Crippen molar-refractivity contribution in [2.75, 3.05) is 32.1 Å². The average Bonchev–Trinajstić information content (AvgIpc) is 3.47. The predicted octanol–water partition coefficient (Wildman–Crippen LogP) is 0.648. The Balaban J connectivity index is 1.62. The molecule has 0 unspecified atom stereocenters. The summed E-state index contributed by atoms with van der Waals surface area (Å²) < 4.78 is 31.3. The first kappa shape index (κ1) is 20.8. The number of rotatable bonds is 8. The van der Waals surface area contributed by atoms with Crippen molar-refractivity contribution in [1.29, 1.82) is 0 Å². The molecule has 2 aromatic rings. The number of sulfonamides is 1. The Kier molecular flexibility index (Phi) is 5.76. The van der Waals surface area contributed by atoms with E-state index in [4.69, 9.17) is 5.73 Å². The number of nitrogens with zero attached hydrogens (tertiary/aromatic N) is 3. The second-order valence-corrected chi connectivity index (χ2v) is 9.39. The van der Waals surface area contributed by atoms with E-state index in [9.17, 15) is 13.2 Å². The van der Waals surface area contributed by atoms with Gasteiger partial charge in [0.25, 0.3) is 15.2 Å². The lowest BCUT2D eigenvalue weighted by Crippen LogP contribution is -2.39. The third kappa shape index (κ3) is 3.80. The van der Waals surface area contributed by atoms with E-state index in [0.717, 1.165) is 48.5 Å². The molecule has 162 valence electrons. The lowest BCUT2D eigenvalue weighted by atomic mass is 9.99. The molecule has 1 aromatic carbocycles. The van der Waals surface area contributed by atoms with Crippen LogP contribution < -0.4 is 11.1 Å². The van der Waals surface area contributed by atoms with Gasteiger partial charge in [-0.15, -0.1) is 10.2 Å². The van der Waals surface area contributed by atoms with E-state index >= 15 is 0 Å². The van der Waals surface area contributed by atoms with Gasteiger partial charge < -0.3 is 15.8 Å². The van der Waals surface area contributed by atoms with Crippen molar-refractivity contribution in [2.24, 2.45) is 5.73 Å². The monoisotopic (exact) mass is 434 g/mol. The zero-order chi connectivity index (χ0) is 21.3. The van der Waals surface area contributed by atoms with Crippen LogP contribution in [0.15, 0.2) is 11.2 Å². The molecule has 0 spiro atoms. The molecule has 0 saturated heterocycles. The standard InChI is InChI=1S/C19H26N6O4S/c1-29-16(26)11-25(9-8-20)30(27,28)19-22-18(23-24-19)21-17-14-6-2-4-12(14)10-13-5-3-7-15(13)17/h10H,2-9,11,20H2,1H3,(H2,21,22,23,24). The van der Waals surface area contributed by atoms with Crippen LogP contribution in [0.25, 0.3) is 0 Å². The molecule has 0 amide bonds. The normalized spacial score (nSPS) is 15.3. The molecule has 2 aliphatic carbocycles. The summed E-state index contributed by atoms with van der Waals surface area (Å²) in [7, 11) is -2.88. The molecule has 0 fully saturated rings. The molecular formula is C19H26N6O4S. The maximum Gasteiger partial charge on any atom is 0.321 e. The fraction of sp³-hybridized carbons (Fsp3) is 0.526. The Morgan fingerprint density at radius 1 is 1.20 bits per heavy atom. The molecule has 1 aromatic heterocycles. The van der Waals surface area contributed by atoms with Gasteiger partial charge in [-0.05, 0) is 60.8 Å². The number of benzene rings is 1. The van der Waals surface area contributed by atoms with E-state index < -0.39 is 22.5 Å². The van der Waals surface area contributed by atoms with Gasteiger partial charge in [0.05, 0.1) is 7.11 Å². The van der Waals surface area contributed by atoms with Gasteiger partial charge in [0.15, 0.2) is 0 Å². The summed E-state index contributed by atoms with van der Waals surface area (Å²) in [6.07, 6.45) is 6.35. The molecule has 11 heteroatoms. The minimum Gasteiger partial charge on any atom is -0.468 e. The highest BCUT2D eigenvalue weighted by atomic mass is 32.2. The van der Waals surface area contributed by atoms with E-state index in [1.54, 1.807) is 0 Å². The van der Waals surface area contributed by atoms with Gasteiger partial charge in [0, 0.05) is 18.8 Å². The first-order valence-corrected chi connectivity index (χ1v) is 11.5. The van der Waals surface area contributed by atoms with Crippen LogP contribution in [-0.2, 0) is 45.2 Å². The summed E-state index contributed by atoms with van der Waals surface area (Å²) in [6, 6.07) is 2.32. The average molecular weight is 435 g/mol. The Bertz CT molecular complexity index is 1030. The number of carbonyl (C=O) groups excluding carboxylic acids is 1.